The van der Waals surface area contributed by atoms with Crippen molar-refractivity contribution in [2.75, 3.05) is 5.73 Å². The van der Waals surface area contributed by atoms with Crippen LogP contribution in [0, 0.1) is 0 Å². The van der Waals surface area contributed by atoms with Crippen LogP contribution in [-0.4, -0.2) is 14.3 Å². The fraction of sp³-hybridized carbons (Fsp3) is 0.0645. The van der Waals surface area contributed by atoms with Crippen LogP contribution in [0.1, 0.15) is 35.6 Å². The molecule has 37 heavy (non-hydrogen) atoms. The standard InChI is InChI=1S/C31H28N2O3S/c1-2-29(24-9-5-3-6-10-24)31(25-11-7-4-8-12-25)26-16-13-23(14-17-26)15-22-30(34)33-37(35,36)28-20-18-27(32)19-21-28/h3-22H,2,32H2,1H3,(H,33,34)/b22-15+,31-29-. The number of nitrogen functional groups attached to an aromatic ring is 1. The molecular formula is C31H28N2O3S. The Morgan fingerprint density at radius 2 is 1.30 bits per heavy atom. The van der Waals surface area contributed by atoms with E-state index in [2.05, 4.69) is 35.9 Å². The van der Waals surface area contributed by atoms with Gasteiger partial charge in [-0.25, -0.2) is 13.1 Å². The van der Waals surface area contributed by atoms with Crippen LogP contribution in [0.4, 0.5) is 5.69 Å². The van der Waals surface area contributed by atoms with Crippen LogP contribution in [0.3, 0.4) is 0 Å². The molecule has 0 fully saturated rings. The van der Waals surface area contributed by atoms with E-state index >= 15 is 0 Å². The van der Waals surface area contributed by atoms with Crippen molar-refractivity contribution in [1.82, 2.24) is 4.72 Å². The third-order valence-corrected chi connectivity index (χ3v) is 7.25. The number of nitrogens with two attached hydrogens (primary N) is 1. The number of carbonyl (C=O) groups excluding carboxylic acids is 1. The second kappa shape index (κ2) is 11.5. The first kappa shape index (κ1) is 25.7. The molecule has 0 heterocycles. The Morgan fingerprint density at radius 1 is 0.757 bits per heavy atom. The lowest BCUT2D eigenvalue weighted by Gasteiger charge is -2.16. The van der Waals surface area contributed by atoms with E-state index in [1.165, 1.54) is 41.5 Å². The third kappa shape index (κ3) is 6.42. The van der Waals surface area contributed by atoms with E-state index in [9.17, 15) is 13.2 Å². The van der Waals surface area contributed by atoms with Crippen molar-refractivity contribution in [3.05, 3.63) is 138 Å². The average molecular weight is 509 g/mol. The van der Waals surface area contributed by atoms with Crippen LogP contribution in [0.5, 0.6) is 0 Å². The minimum Gasteiger partial charge on any atom is -0.399 e. The van der Waals surface area contributed by atoms with Gasteiger partial charge in [-0.2, -0.15) is 0 Å². The second-order valence-corrected chi connectivity index (χ2v) is 10.1. The van der Waals surface area contributed by atoms with Gasteiger partial charge in [0, 0.05) is 11.8 Å². The largest absolute Gasteiger partial charge is 0.399 e. The van der Waals surface area contributed by atoms with Crippen molar-refractivity contribution in [3.8, 4) is 0 Å². The first-order valence-corrected chi connectivity index (χ1v) is 13.4. The second-order valence-electron chi connectivity index (χ2n) is 8.43. The summed E-state index contributed by atoms with van der Waals surface area (Å²) in [5, 5.41) is 0. The highest BCUT2D eigenvalue weighted by molar-refractivity contribution is 7.90. The Morgan fingerprint density at radius 3 is 1.86 bits per heavy atom. The van der Waals surface area contributed by atoms with Crippen molar-refractivity contribution >= 4 is 38.8 Å². The maximum atomic E-state index is 12.4. The molecule has 4 rings (SSSR count). The zero-order valence-electron chi connectivity index (χ0n) is 20.5. The lowest BCUT2D eigenvalue weighted by atomic mass is 9.88. The Labute approximate surface area is 218 Å². The number of amides is 1. The summed E-state index contributed by atoms with van der Waals surface area (Å²) in [5.41, 5.74) is 12.6. The van der Waals surface area contributed by atoms with Gasteiger partial charge in [0.2, 0.25) is 0 Å². The Bertz CT molecular complexity index is 1520. The van der Waals surface area contributed by atoms with Gasteiger partial charge in [-0.05, 0) is 70.2 Å². The molecule has 0 radical (unpaired) electrons. The number of benzene rings is 4. The van der Waals surface area contributed by atoms with Crippen molar-refractivity contribution in [1.29, 1.82) is 0 Å². The van der Waals surface area contributed by atoms with Crippen molar-refractivity contribution in [3.63, 3.8) is 0 Å². The smallest absolute Gasteiger partial charge is 0.264 e. The highest BCUT2D eigenvalue weighted by Gasteiger charge is 2.16. The number of allylic oxidation sites excluding steroid dienone is 1. The number of nitrogens with one attached hydrogen (secondary N) is 1. The molecule has 6 heteroatoms. The van der Waals surface area contributed by atoms with E-state index < -0.39 is 15.9 Å². The van der Waals surface area contributed by atoms with Crippen LogP contribution in [-0.2, 0) is 14.8 Å². The Kier molecular flexibility index (Phi) is 8.01. The SMILES string of the molecule is CC/C(=C(\c1ccccc1)c1ccc(/C=C/C(=O)NS(=O)(=O)c2ccc(N)cc2)cc1)c1ccccc1. The number of hydrogen-bond donors (Lipinski definition) is 2. The summed E-state index contributed by atoms with van der Waals surface area (Å²) < 4.78 is 26.9. The van der Waals surface area contributed by atoms with Crippen LogP contribution in [0.25, 0.3) is 17.2 Å². The van der Waals surface area contributed by atoms with Gasteiger partial charge in [0.25, 0.3) is 15.9 Å². The van der Waals surface area contributed by atoms with Gasteiger partial charge < -0.3 is 5.73 Å². The molecule has 0 spiro atoms. The van der Waals surface area contributed by atoms with Gasteiger partial charge in [0.1, 0.15) is 0 Å². The Balaban J connectivity index is 1.59. The number of anilines is 1. The molecular weight excluding hydrogens is 480 g/mol. The van der Waals surface area contributed by atoms with E-state index in [-0.39, 0.29) is 4.90 Å². The molecule has 0 aliphatic rings. The van der Waals surface area contributed by atoms with Gasteiger partial charge in [0.15, 0.2) is 0 Å². The predicted octanol–water partition coefficient (Wildman–Crippen LogP) is 6.16. The molecule has 0 aliphatic carbocycles. The summed E-state index contributed by atoms with van der Waals surface area (Å²) in [7, 11) is -3.98. The maximum Gasteiger partial charge on any atom is 0.264 e. The van der Waals surface area contributed by atoms with Gasteiger partial charge >= 0.3 is 0 Å². The molecule has 0 saturated carbocycles. The van der Waals surface area contributed by atoms with Gasteiger partial charge in [-0.15, -0.1) is 0 Å². The minimum absolute atomic E-state index is 0.0295. The average Bonchev–Trinajstić information content (AvgIpc) is 2.92. The zero-order valence-corrected chi connectivity index (χ0v) is 21.3. The molecule has 4 aromatic rings. The van der Waals surface area contributed by atoms with Gasteiger partial charge in [-0.1, -0.05) is 91.9 Å². The Hall–Kier alpha value is -4.42. The van der Waals surface area contributed by atoms with Crippen LogP contribution in [0.15, 0.2) is 120 Å². The molecule has 0 aliphatic heterocycles. The monoisotopic (exact) mass is 508 g/mol. The lowest BCUT2D eigenvalue weighted by Crippen LogP contribution is -2.28. The predicted molar refractivity (Wildman–Crippen MR) is 151 cm³/mol. The normalized spacial score (nSPS) is 12.2. The van der Waals surface area contributed by atoms with Crippen LogP contribution < -0.4 is 10.5 Å². The highest BCUT2D eigenvalue weighted by Crippen LogP contribution is 2.34. The number of hydrogen-bond acceptors (Lipinski definition) is 4. The van der Waals surface area contributed by atoms with Crippen LogP contribution in [0.2, 0.25) is 0 Å². The molecule has 0 saturated heterocycles. The van der Waals surface area contributed by atoms with E-state index in [1.54, 1.807) is 6.08 Å². The fourth-order valence-electron chi connectivity index (χ4n) is 4.09. The molecule has 0 unspecified atom stereocenters. The third-order valence-electron chi connectivity index (χ3n) is 5.89. The molecule has 5 nitrogen and oxygen atoms in total. The van der Waals surface area contributed by atoms with Gasteiger partial charge in [-0.3, -0.25) is 4.79 Å². The summed E-state index contributed by atoms with van der Waals surface area (Å²) in [6.07, 6.45) is 3.65. The maximum absolute atomic E-state index is 12.4. The van der Waals surface area contributed by atoms with E-state index in [4.69, 9.17) is 5.73 Å². The van der Waals surface area contributed by atoms with E-state index in [1.807, 2.05) is 60.7 Å². The molecule has 1 amide bonds. The number of rotatable bonds is 8. The summed E-state index contributed by atoms with van der Waals surface area (Å²) in [6.45, 7) is 2.15. The molecule has 4 aromatic carbocycles. The fourth-order valence-corrected chi connectivity index (χ4v) is 5.03. The lowest BCUT2D eigenvalue weighted by molar-refractivity contribution is -0.114. The summed E-state index contributed by atoms with van der Waals surface area (Å²) in [4.78, 5) is 12.3. The number of carbonyl (C=O) groups is 1. The highest BCUT2D eigenvalue weighted by atomic mass is 32.2. The molecule has 0 bridgehead atoms. The first-order valence-electron chi connectivity index (χ1n) is 11.9. The summed E-state index contributed by atoms with van der Waals surface area (Å²) >= 11 is 0. The summed E-state index contributed by atoms with van der Waals surface area (Å²) in [5.74, 6) is -0.733. The summed E-state index contributed by atoms with van der Waals surface area (Å²) in [6, 6.07) is 34.1. The molecule has 3 N–H and O–H groups in total. The number of sulfonamides is 1. The minimum atomic E-state index is -3.98. The molecule has 0 atom stereocenters. The van der Waals surface area contributed by atoms with Crippen molar-refractivity contribution in [2.24, 2.45) is 0 Å². The van der Waals surface area contributed by atoms with Gasteiger partial charge in [0.05, 0.1) is 4.90 Å². The molecule has 0 aromatic heterocycles. The van der Waals surface area contributed by atoms with E-state index in [0.717, 1.165) is 28.7 Å². The van der Waals surface area contributed by atoms with Crippen LogP contribution >= 0.6 is 0 Å². The quantitative estimate of drug-likeness (QED) is 0.170. The first-order chi connectivity index (χ1) is 17.9. The topological polar surface area (TPSA) is 89.3 Å². The molecule has 186 valence electrons. The zero-order chi connectivity index (χ0) is 26.3. The van der Waals surface area contributed by atoms with Crippen molar-refractivity contribution < 1.29 is 13.2 Å². The van der Waals surface area contributed by atoms with E-state index in [0.29, 0.717) is 5.69 Å². The van der Waals surface area contributed by atoms with Crippen molar-refractivity contribution in [2.45, 2.75) is 18.2 Å².